The van der Waals surface area contributed by atoms with Gasteiger partial charge in [0, 0.05) is 28.7 Å². The summed E-state index contributed by atoms with van der Waals surface area (Å²) in [5, 5.41) is 3.41. The van der Waals surface area contributed by atoms with E-state index in [9.17, 15) is 0 Å². The molecular weight excluding hydrogens is 326 g/mol. The maximum absolute atomic E-state index is 4.81. The summed E-state index contributed by atoms with van der Waals surface area (Å²) in [5.74, 6) is 1.97. The average Bonchev–Trinajstić information content (AvgIpc) is 2.47. The van der Waals surface area contributed by atoms with Crippen LogP contribution < -0.4 is 5.32 Å². The lowest BCUT2D eigenvalue weighted by molar-refractivity contribution is 0.657. The zero-order valence-corrected chi connectivity index (χ0v) is 13.9. The Morgan fingerprint density at radius 2 is 2.05 bits per heavy atom. The molecule has 0 aliphatic heterocycles. The van der Waals surface area contributed by atoms with Crippen LogP contribution in [0.4, 0.5) is 5.82 Å². The van der Waals surface area contributed by atoms with E-state index in [0.29, 0.717) is 0 Å². The Kier molecular flexibility index (Phi) is 4.54. The Morgan fingerprint density at radius 1 is 1.19 bits per heavy atom. The molecule has 1 aromatic carbocycles. The molecular formula is C17H20BrN3. The highest BCUT2D eigenvalue weighted by atomic mass is 79.9. The van der Waals surface area contributed by atoms with Crippen LogP contribution in [0.25, 0.3) is 0 Å². The van der Waals surface area contributed by atoms with Crippen molar-refractivity contribution >= 4 is 21.7 Å². The summed E-state index contributed by atoms with van der Waals surface area (Å²) >= 11 is 3.52. The molecule has 0 amide bonds. The zero-order chi connectivity index (χ0) is 14.7. The van der Waals surface area contributed by atoms with E-state index in [0.717, 1.165) is 41.9 Å². The number of hydrogen-bond donors (Lipinski definition) is 1. The maximum atomic E-state index is 4.81. The predicted octanol–water partition coefficient (Wildman–Crippen LogP) is 4.14. The first kappa shape index (κ1) is 14.5. The minimum absolute atomic E-state index is 0.783. The monoisotopic (exact) mass is 345 g/mol. The van der Waals surface area contributed by atoms with Gasteiger partial charge in [-0.25, -0.2) is 9.97 Å². The summed E-state index contributed by atoms with van der Waals surface area (Å²) in [6.45, 7) is 3.02. The van der Waals surface area contributed by atoms with Crippen molar-refractivity contribution in [3.63, 3.8) is 0 Å². The van der Waals surface area contributed by atoms with Crippen LogP contribution in [0.3, 0.4) is 0 Å². The van der Waals surface area contributed by atoms with E-state index in [1.807, 2.05) is 6.07 Å². The Balaban J connectivity index is 1.93. The fourth-order valence-electron chi connectivity index (χ4n) is 2.87. The quantitative estimate of drug-likeness (QED) is 0.904. The van der Waals surface area contributed by atoms with Crippen molar-refractivity contribution in [2.24, 2.45) is 0 Å². The summed E-state index contributed by atoms with van der Waals surface area (Å²) in [6, 6.07) is 8.36. The van der Waals surface area contributed by atoms with Crippen molar-refractivity contribution in [3.8, 4) is 0 Å². The molecule has 110 valence electrons. The summed E-state index contributed by atoms with van der Waals surface area (Å²) < 4.78 is 1.10. The number of halogens is 1. The van der Waals surface area contributed by atoms with Crippen molar-refractivity contribution in [3.05, 3.63) is 51.4 Å². The fourth-order valence-corrected chi connectivity index (χ4v) is 3.31. The summed E-state index contributed by atoms with van der Waals surface area (Å²) in [7, 11) is 0. The topological polar surface area (TPSA) is 37.8 Å². The molecule has 0 saturated carbocycles. The van der Waals surface area contributed by atoms with Gasteiger partial charge in [0.25, 0.3) is 0 Å². The van der Waals surface area contributed by atoms with E-state index in [1.54, 1.807) is 0 Å². The molecule has 0 fully saturated rings. The van der Waals surface area contributed by atoms with E-state index in [1.165, 1.54) is 29.7 Å². The molecule has 21 heavy (non-hydrogen) atoms. The standard InChI is InChI=1S/C17H20BrN3/c1-2-19-17-14-8-3-4-9-15(14)20-16(21-17)11-12-6-5-7-13(18)10-12/h5-7,10H,2-4,8-9,11H2,1H3,(H,19,20,21). The summed E-state index contributed by atoms with van der Waals surface area (Å²) in [5.41, 5.74) is 3.82. The molecule has 1 aliphatic rings. The molecule has 0 atom stereocenters. The molecule has 4 heteroatoms. The molecule has 1 N–H and O–H groups in total. The highest BCUT2D eigenvalue weighted by Gasteiger charge is 2.17. The Bertz CT molecular complexity index is 640. The predicted molar refractivity (Wildman–Crippen MR) is 89.8 cm³/mol. The van der Waals surface area contributed by atoms with Gasteiger partial charge in [0.2, 0.25) is 0 Å². The molecule has 0 spiro atoms. The van der Waals surface area contributed by atoms with Crippen LogP contribution >= 0.6 is 15.9 Å². The van der Waals surface area contributed by atoms with Gasteiger partial charge in [0.1, 0.15) is 11.6 Å². The first-order valence-corrected chi connectivity index (χ1v) is 8.42. The normalized spacial score (nSPS) is 13.8. The van der Waals surface area contributed by atoms with Crippen molar-refractivity contribution in [1.82, 2.24) is 9.97 Å². The minimum atomic E-state index is 0.783. The minimum Gasteiger partial charge on any atom is -0.370 e. The van der Waals surface area contributed by atoms with Crippen LogP contribution in [-0.2, 0) is 19.3 Å². The Morgan fingerprint density at radius 3 is 2.86 bits per heavy atom. The number of nitrogens with zero attached hydrogens (tertiary/aromatic N) is 2. The highest BCUT2D eigenvalue weighted by Crippen LogP contribution is 2.26. The van der Waals surface area contributed by atoms with Crippen LogP contribution in [0.5, 0.6) is 0 Å². The Hall–Kier alpha value is -1.42. The van der Waals surface area contributed by atoms with Crippen LogP contribution in [0.15, 0.2) is 28.7 Å². The van der Waals surface area contributed by atoms with Gasteiger partial charge in [-0.15, -0.1) is 0 Å². The summed E-state index contributed by atoms with van der Waals surface area (Å²) in [6.07, 6.45) is 5.47. The molecule has 0 unspecified atom stereocenters. The lowest BCUT2D eigenvalue weighted by atomic mass is 9.96. The van der Waals surface area contributed by atoms with Crippen molar-refractivity contribution in [2.45, 2.75) is 39.0 Å². The first-order valence-electron chi connectivity index (χ1n) is 7.63. The number of aromatic nitrogens is 2. The van der Waals surface area contributed by atoms with Crippen LogP contribution in [0.2, 0.25) is 0 Å². The van der Waals surface area contributed by atoms with Crippen LogP contribution in [-0.4, -0.2) is 16.5 Å². The van der Waals surface area contributed by atoms with E-state index in [4.69, 9.17) is 9.97 Å². The van der Waals surface area contributed by atoms with Gasteiger partial charge in [-0.05, 0) is 50.3 Å². The van der Waals surface area contributed by atoms with E-state index in [-0.39, 0.29) is 0 Å². The van der Waals surface area contributed by atoms with Crippen molar-refractivity contribution in [1.29, 1.82) is 0 Å². The Labute approximate surface area is 134 Å². The fraction of sp³-hybridized carbons (Fsp3) is 0.412. The molecule has 3 rings (SSSR count). The zero-order valence-electron chi connectivity index (χ0n) is 12.3. The number of anilines is 1. The summed E-state index contributed by atoms with van der Waals surface area (Å²) in [4.78, 5) is 9.58. The molecule has 1 heterocycles. The third kappa shape index (κ3) is 3.43. The number of aryl methyl sites for hydroxylation is 1. The van der Waals surface area contributed by atoms with Gasteiger partial charge < -0.3 is 5.32 Å². The highest BCUT2D eigenvalue weighted by molar-refractivity contribution is 9.10. The largest absolute Gasteiger partial charge is 0.370 e. The van der Waals surface area contributed by atoms with Gasteiger partial charge in [0.05, 0.1) is 0 Å². The van der Waals surface area contributed by atoms with E-state index in [2.05, 4.69) is 46.4 Å². The molecule has 2 aromatic rings. The number of hydrogen-bond acceptors (Lipinski definition) is 3. The van der Waals surface area contributed by atoms with Crippen molar-refractivity contribution in [2.75, 3.05) is 11.9 Å². The van der Waals surface area contributed by atoms with Gasteiger partial charge in [-0.1, -0.05) is 28.1 Å². The molecule has 0 saturated heterocycles. The van der Waals surface area contributed by atoms with Crippen LogP contribution in [0.1, 0.15) is 42.4 Å². The SMILES string of the molecule is CCNc1nc(Cc2cccc(Br)c2)nc2c1CCCC2. The van der Waals surface area contributed by atoms with Gasteiger partial charge in [-0.3, -0.25) is 0 Å². The number of rotatable bonds is 4. The number of fused-ring (bicyclic) bond motifs is 1. The third-order valence-corrected chi connectivity index (χ3v) is 4.32. The molecule has 0 radical (unpaired) electrons. The lowest BCUT2D eigenvalue weighted by Gasteiger charge is -2.19. The van der Waals surface area contributed by atoms with Gasteiger partial charge in [-0.2, -0.15) is 0 Å². The molecule has 1 aliphatic carbocycles. The molecule has 3 nitrogen and oxygen atoms in total. The second-order valence-corrected chi connectivity index (χ2v) is 6.37. The van der Waals surface area contributed by atoms with Crippen molar-refractivity contribution < 1.29 is 0 Å². The van der Waals surface area contributed by atoms with Crippen LogP contribution in [0, 0.1) is 0 Å². The average molecular weight is 346 g/mol. The van der Waals surface area contributed by atoms with E-state index >= 15 is 0 Å². The first-order chi connectivity index (χ1) is 10.3. The third-order valence-electron chi connectivity index (χ3n) is 3.82. The second kappa shape index (κ2) is 6.56. The molecule has 0 bridgehead atoms. The second-order valence-electron chi connectivity index (χ2n) is 5.46. The smallest absolute Gasteiger partial charge is 0.135 e. The maximum Gasteiger partial charge on any atom is 0.135 e. The number of nitrogens with one attached hydrogen (secondary N) is 1. The van der Waals surface area contributed by atoms with Gasteiger partial charge >= 0.3 is 0 Å². The van der Waals surface area contributed by atoms with Gasteiger partial charge in [0.15, 0.2) is 0 Å². The lowest BCUT2D eigenvalue weighted by Crippen LogP contribution is -2.15. The molecule has 1 aromatic heterocycles. The van der Waals surface area contributed by atoms with E-state index < -0.39 is 0 Å². The number of benzene rings is 1.